The number of imidazole rings is 1. The zero-order chi connectivity index (χ0) is 21.3. The maximum Gasteiger partial charge on any atom is 0.227 e. The van der Waals surface area contributed by atoms with Crippen LogP contribution in [0.4, 0.5) is 4.39 Å². The summed E-state index contributed by atoms with van der Waals surface area (Å²) in [5.74, 6) is -0.649. The van der Waals surface area contributed by atoms with Gasteiger partial charge >= 0.3 is 0 Å². The number of aliphatic hydroxyl groups excluding tert-OH is 1. The van der Waals surface area contributed by atoms with E-state index in [1.165, 1.54) is 6.33 Å². The van der Waals surface area contributed by atoms with Crippen LogP contribution in [0.3, 0.4) is 0 Å². The van der Waals surface area contributed by atoms with Crippen molar-refractivity contribution in [2.24, 2.45) is 7.05 Å². The Morgan fingerprint density at radius 3 is 2.60 bits per heavy atom. The van der Waals surface area contributed by atoms with Gasteiger partial charge < -0.3 is 9.67 Å². The van der Waals surface area contributed by atoms with E-state index in [1.54, 1.807) is 41.9 Å². The summed E-state index contributed by atoms with van der Waals surface area (Å²) in [6.07, 6.45) is 3.82. The van der Waals surface area contributed by atoms with Gasteiger partial charge in [-0.05, 0) is 24.5 Å². The van der Waals surface area contributed by atoms with Crippen molar-refractivity contribution in [1.29, 1.82) is 0 Å². The number of aliphatic hydroxyl groups is 1. The van der Waals surface area contributed by atoms with Crippen LogP contribution in [-0.4, -0.2) is 28.3 Å². The number of sulfonamides is 1. The van der Waals surface area contributed by atoms with Crippen LogP contribution in [0.1, 0.15) is 43.9 Å². The lowest BCUT2D eigenvalue weighted by Gasteiger charge is -2.23. The van der Waals surface area contributed by atoms with Crippen molar-refractivity contribution in [1.82, 2.24) is 19.8 Å². The van der Waals surface area contributed by atoms with Crippen molar-refractivity contribution >= 4 is 21.1 Å². The predicted molar refractivity (Wildman–Crippen MR) is 113 cm³/mol. The fourth-order valence-corrected chi connectivity index (χ4v) is 5.41. The number of nitrogens with one attached hydrogen (secondary N) is 2. The minimum atomic E-state index is -3.68. The molecule has 1 aliphatic rings. The first kappa shape index (κ1) is 20.9. The minimum absolute atomic E-state index is 0.0988. The van der Waals surface area contributed by atoms with E-state index in [2.05, 4.69) is 15.2 Å². The highest BCUT2D eigenvalue weighted by atomic mass is 32.2. The van der Waals surface area contributed by atoms with Crippen molar-refractivity contribution in [3.63, 3.8) is 0 Å². The number of hydrogen-bond donors (Lipinski definition) is 3. The summed E-state index contributed by atoms with van der Waals surface area (Å²) in [5, 5.41) is 10.2. The van der Waals surface area contributed by atoms with Crippen LogP contribution in [-0.2, 0) is 17.1 Å². The molecule has 1 saturated carbocycles. The number of nitrogens with zero attached hydrogens (tertiary/aromatic N) is 2. The third-order valence-electron chi connectivity index (χ3n) is 5.68. The molecule has 1 fully saturated rings. The lowest BCUT2D eigenvalue weighted by atomic mass is 9.99. The molecule has 4 rings (SSSR count). The summed E-state index contributed by atoms with van der Waals surface area (Å²) in [4.78, 5) is 6.47. The van der Waals surface area contributed by atoms with Crippen molar-refractivity contribution in [2.45, 2.75) is 43.6 Å². The molecular formula is C21H25FN4O3S. The first-order chi connectivity index (χ1) is 14.4. The highest BCUT2D eigenvalue weighted by molar-refractivity contribution is 7.90. The fourth-order valence-electron chi connectivity index (χ4n) is 4.01. The molecule has 0 amide bonds. The molecule has 1 aliphatic carbocycles. The second-order valence-corrected chi connectivity index (χ2v) is 9.66. The molecule has 1 heterocycles. The summed E-state index contributed by atoms with van der Waals surface area (Å²) >= 11 is 0. The molecule has 30 heavy (non-hydrogen) atoms. The number of halogens is 1. The van der Waals surface area contributed by atoms with Crippen LogP contribution in [0, 0.1) is 5.82 Å². The molecule has 0 bridgehead atoms. The molecule has 0 saturated heterocycles. The van der Waals surface area contributed by atoms with E-state index in [4.69, 9.17) is 0 Å². The van der Waals surface area contributed by atoms with Crippen LogP contribution in [0.5, 0.6) is 0 Å². The van der Waals surface area contributed by atoms with Gasteiger partial charge in [-0.1, -0.05) is 49.6 Å². The van der Waals surface area contributed by atoms with Gasteiger partial charge in [-0.15, -0.1) is 4.83 Å². The van der Waals surface area contributed by atoms with E-state index in [1.807, 2.05) is 6.07 Å². The van der Waals surface area contributed by atoms with E-state index in [-0.39, 0.29) is 11.1 Å². The molecule has 160 valence electrons. The summed E-state index contributed by atoms with van der Waals surface area (Å²) < 4.78 is 42.4. The van der Waals surface area contributed by atoms with Crippen LogP contribution >= 0.6 is 0 Å². The number of hydrazine groups is 1. The van der Waals surface area contributed by atoms with Gasteiger partial charge in [0, 0.05) is 12.6 Å². The number of aromatic nitrogens is 2. The van der Waals surface area contributed by atoms with Crippen LogP contribution < -0.4 is 10.3 Å². The van der Waals surface area contributed by atoms with Crippen molar-refractivity contribution in [2.75, 3.05) is 0 Å². The molecule has 7 nitrogen and oxygen atoms in total. The average molecular weight is 433 g/mol. The van der Waals surface area contributed by atoms with Crippen molar-refractivity contribution < 1.29 is 17.9 Å². The monoisotopic (exact) mass is 432 g/mol. The van der Waals surface area contributed by atoms with Gasteiger partial charge in [-0.3, -0.25) is 0 Å². The quantitative estimate of drug-likeness (QED) is 0.411. The lowest BCUT2D eigenvalue weighted by Crippen LogP contribution is -2.45. The number of benzene rings is 2. The van der Waals surface area contributed by atoms with Gasteiger partial charge in [-0.2, -0.15) is 0 Å². The number of aryl methyl sites for hydroxylation is 1. The lowest BCUT2D eigenvalue weighted by molar-refractivity contribution is 0.129. The second-order valence-electron chi connectivity index (χ2n) is 7.69. The van der Waals surface area contributed by atoms with Crippen LogP contribution in [0.15, 0.2) is 42.7 Å². The van der Waals surface area contributed by atoms with E-state index >= 15 is 4.39 Å². The largest absolute Gasteiger partial charge is 0.373 e. The highest BCUT2D eigenvalue weighted by Gasteiger charge is 2.29. The molecule has 3 N–H and O–H groups in total. The Morgan fingerprint density at radius 1 is 1.20 bits per heavy atom. The Morgan fingerprint density at radius 2 is 1.90 bits per heavy atom. The van der Waals surface area contributed by atoms with Gasteiger partial charge in [0.25, 0.3) is 0 Å². The van der Waals surface area contributed by atoms with Gasteiger partial charge in [-0.25, -0.2) is 23.2 Å². The summed E-state index contributed by atoms with van der Waals surface area (Å²) in [5.41, 5.74) is 4.13. The van der Waals surface area contributed by atoms with E-state index in [0.29, 0.717) is 29.5 Å². The second kappa shape index (κ2) is 8.43. The van der Waals surface area contributed by atoms with E-state index < -0.39 is 27.3 Å². The average Bonchev–Trinajstić information content (AvgIpc) is 3.13. The van der Waals surface area contributed by atoms with Gasteiger partial charge in [0.1, 0.15) is 12.0 Å². The third kappa shape index (κ3) is 3.98. The number of fused-ring (bicyclic) bond motifs is 1. The molecule has 0 spiro atoms. The molecule has 2 aromatic carbocycles. The Balaban J connectivity index is 1.68. The van der Waals surface area contributed by atoms with Crippen molar-refractivity contribution in [3.8, 4) is 11.1 Å². The number of hydrogen-bond acceptors (Lipinski definition) is 5. The molecule has 9 heteroatoms. The standard InChI is InChI=1S/C21H25FN4O3S/c1-26-13-23-20-17(26)12-16(14-8-4-2-5-9-14)19(22)18(20)21(27)24-25-30(28,29)15-10-6-3-7-11-15/h2,4-5,8-9,12-13,15,21,24-25,27H,3,6-7,10-11H2,1H3. The zero-order valence-corrected chi connectivity index (χ0v) is 17.5. The predicted octanol–water partition coefficient (Wildman–Crippen LogP) is 3.13. The summed E-state index contributed by atoms with van der Waals surface area (Å²) in [7, 11) is -1.90. The molecular weight excluding hydrogens is 407 g/mol. The minimum Gasteiger partial charge on any atom is -0.373 e. The molecule has 0 radical (unpaired) electrons. The van der Waals surface area contributed by atoms with Gasteiger partial charge in [0.05, 0.1) is 28.2 Å². The first-order valence-corrected chi connectivity index (χ1v) is 11.6. The number of rotatable bonds is 6. The maximum absolute atomic E-state index is 15.5. The normalized spacial score (nSPS) is 16.8. The summed E-state index contributed by atoms with van der Waals surface area (Å²) in [6, 6.07) is 10.7. The molecule has 0 aliphatic heterocycles. The van der Waals surface area contributed by atoms with Gasteiger partial charge in [0.15, 0.2) is 0 Å². The first-order valence-electron chi connectivity index (χ1n) is 10.0. The van der Waals surface area contributed by atoms with E-state index in [9.17, 15) is 13.5 Å². The Labute approximate surface area is 175 Å². The molecule has 1 atom stereocenters. The van der Waals surface area contributed by atoms with E-state index in [0.717, 1.165) is 19.3 Å². The van der Waals surface area contributed by atoms with Crippen LogP contribution in [0.2, 0.25) is 0 Å². The molecule has 1 unspecified atom stereocenters. The zero-order valence-electron chi connectivity index (χ0n) is 16.7. The topological polar surface area (TPSA) is 96.2 Å². The Kier molecular flexibility index (Phi) is 5.88. The Hall–Kier alpha value is -2.33. The fraction of sp³-hybridized carbons (Fsp3) is 0.381. The maximum atomic E-state index is 15.5. The molecule has 1 aromatic heterocycles. The van der Waals surface area contributed by atoms with Gasteiger partial charge in [0.2, 0.25) is 10.0 Å². The van der Waals surface area contributed by atoms with Crippen LogP contribution in [0.25, 0.3) is 22.2 Å². The SMILES string of the molecule is Cn1cnc2c(C(O)NNS(=O)(=O)C3CCCCC3)c(F)c(-c3ccccc3)cc21. The summed E-state index contributed by atoms with van der Waals surface area (Å²) in [6.45, 7) is 0. The Bertz CT molecular complexity index is 1140. The highest BCUT2D eigenvalue weighted by Crippen LogP contribution is 2.33. The van der Waals surface area contributed by atoms with Crippen molar-refractivity contribution in [3.05, 3.63) is 54.1 Å². The smallest absolute Gasteiger partial charge is 0.227 e. The molecule has 3 aromatic rings. The third-order valence-corrected chi connectivity index (χ3v) is 7.43.